The summed E-state index contributed by atoms with van der Waals surface area (Å²) in [4.78, 5) is 6.59. The van der Waals surface area contributed by atoms with Gasteiger partial charge in [-0.1, -0.05) is 13.8 Å². The first-order valence-corrected chi connectivity index (χ1v) is 6.99. The Morgan fingerprint density at radius 1 is 1.25 bits per heavy atom. The summed E-state index contributed by atoms with van der Waals surface area (Å²) in [5, 5.41) is 2.16. The summed E-state index contributed by atoms with van der Waals surface area (Å²) in [5.74, 6) is 0.580. The van der Waals surface area contributed by atoms with Gasteiger partial charge in [0.15, 0.2) is 0 Å². The van der Waals surface area contributed by atoms with Gasteiger partial charge in [-0.3, -0.25) is 4.98 Å². The van der Waals surface area contributed by atoms with Crippen molar-refractivity contribution in [2.45, 2.75) is 13.8 Å². The maximum absolute atomic E-state index is 6.06. The average molecular weight is 273 g/mol. The number of rotatable bonds is 6. The van der Waals surface area contributed by atoms with E-state index in [1.165, 1.54) is 5.69 Å². The summed E-state index contributed by atoms with van der Waals surface area (Å²) >= 11 is 0. The molecule has 4 nitrogen and oxygen atoms in total. The quantitative estimate of drug-likeness (QED) is 0.822. The zero-order valence-electron chi connectivity index (χ0n) is 12.5. The Kier molecular flexibility index (Phi) is 4.79. The average Bonchev–Trinajstić information content (AvgIpc) is 2.44. The molecule has 0 radical (unpaired) electrons. The number of hydrogen-bond donors (Lipinski definition) is 1. The summed E-state index contributed by atoms with van der Waals surface area (Å²) in [7, 11) is 1.73. The molecule has 20 heavy (non-hydrogen) atoms. The molecule has 2 rings (SSSR count). The fraction of sp³-hybridized carbons (Fsp3) is 0.438. The molecule has 0 saturated carbocycles. The van der Waals surface area contributed by atoms with E-state index in [1.54, 1.807) is 13.3 Å². The number of methoxy groups -OCH3 is 1. The lowest BCUT2D eigenvalue weighted by Gasteiger charge is -2.28. The molecule has 1 aromatic heterocycles. The molecule has 0 atom stereocenters. The van der Waals surface area contributed by atoms with Gasteiger partial charge in [0.25, 0.3) is 0 Å². The molecule has 0 spiro atoms. The van der Waals surface area contributed by atoms with Crippen molar-refractivity contribution >= 4 is 22.1 Å². The molecule has 4 heteroatoms. The second-order valence-corrected chi connectivity index (χ2v) is 5.43. The van der Waals surface area contributed by atoms with Gasteiger partial charge in [0, 0.05) is 54.7 Å². The van der Waals surface area contributed by atoms with Crippen LogP contribution < -0.4 is 10.6 Å². The van der Waals surface area contributed by atoms with Crippen LogP contribution >= 0.6 is 0 Å². The summed E-state index contributed by atoms with van der Waals surface area (Å²) < 4.78 is 5.23. The number of pyridine rings is 1. The Bertz CT molecular complexity index is 569. The number of nitrogens with zero attached hydrogens (tertiary/aromatic N) is 2. The van der Waals surface area contributed by atoms with Crippen molar-refractivity contribution in [2.24, 2.45) is 5.92 Å². The second-order valence-electron chi connectivity index (χ2n) is 5.43. The van der Waals surface area contributed by atoms with Gasteiger partial charge in [-0.15, -0.1) is 0 Å². The Morgan fingerprint density at radius 3 is 2.75 bits per heavy atom. The Labute approximate surface area is 120 Å². The maximum Gasteiger partial charge on any atom is 0.0637 e. The zero-order valence-corrected chi connectivity index (χ0v) is 12.5. The molecule has 0 fully saturated rings. The third-order valence-electron chi connectivity index (χ3n) is 3.32. The molecule has 0 unspecified atom stereocenters. The Balaban J connectivity index is 2.44. The minimum absolute atomic E-state index is 0.580. The number of ether oxygens (including phenoxy) is 1. The van der Waals surface area contributed by atoms with Gasteiger partial charge in [0.2, 0.25) is 0 Å². The van der Waals surface area contributed by atoms with Crippen LogP contribution in [0.2, 0.25) is 0 Å². The summed E-state index contributed by atoms with van der Waals surface area (Å²) in [6.07, 6.45) is 3.67. The number of hydrogen-bond acceptors (Lipinski definition) is 4. The Morgan fingerprint density at radius 2 is 2.05 bits per heavy atom. The van der Waals surface area contributed by atoms with Crippen LogP contribution in [0, 0.1) is 5.92 Å². The molecule has 0 bridgehead atoms. The van der Waals surface area contributed by atoms with Gasteiger partial charge in [0.05, 0.1) is 6.61 Å². The fourth-order valence-corrected chi connectivity index (χ4v) is 2.43. The molecule has 0 aliphatic heterocycles. The van der Waals surface area contributed by atoms with E-state index in [4.69, 9.17) is 10.5 Å². The molecule has 2 N–H and O–H groups in total. The predicted molar refractivity (Wildman–Crippen MR) is 85.1 cm³/mol. The van der Waals surface area contributed by atoms with Crippen molar-refractivity contribution in [3.05, 3.63) is 30.6 Å². The normalized spacial score (nSPS) is 11.2. The smallest absolute Gasteiger partial charge is 0.0637 e. The minimum atomic E-state index is 0.580. The van der Waals surface area contributed by atoms with Gasteiger partial charge in [-0.05, 0) is 24.1 Å². The number of nitrogen functional groups attached to an aromatic ring is 1. The zero-order chi connectivity index (χ0) is 14.5. The lowest BCUT2D eigenvalue weighted by molar-refractivity contribution is 0.204. The van der Waals surface area contributed by atoms with E-state index in [0.717, 1.165) is 29.5 Å². The summed E-state index contributed by atoms with van der Waals surface area (Å²) in [5.41, 5.74) is 8.02. The minimum Gasteiger partial charge on any atom is -0.398 e. The van der Waals surface area contributed by atoms with Crippen LogP contribution in [-0.2, 0) is 4.74 Å². The first-order valence-electron chi connectivity index (χ1n) is 6.99. The number of fused-ring (bicyclic) bond motifs is 1. The number of benzene rings is 1. The topological polar surface area (TPSA) is 51.4 Å². The van der Waals surface area contributed by atoms with Crippen LogP contribution in [0.1, 0.15) is 13.8 Å². The van der Waals surface area contributed by atoms with Gasteiger partial charge < -0.3 is 15.4 Å². The second kappa shape index (κ2) is 6.57. The highest BCUT2D eigenvalue weighted by molar-refractivity contribution is 6.00. The molecule has 0 amide bonds. The number of nitrogens with two attached hydrogens (primary N) is 1. The van der Waals surface area contributed by atoms with E-state index in [2.05, 4.69) is 29.8 Å². The van der Waals surface area contributed by atoms with Crippen LogP contribution in [0.4, 0.5) is 11.4 Å². The van der Waals surface area contributed by atoms with Crippen molar-refractivity contribution in [1.82, 2.24) is 4.98 Å². The first kappa shape index (κ1) is 14.6. The van der Waals surface area contributed by atoms with Crippen molar-refractivity contribution in [3.8, 4) is 0 Å². The van der Waals surface area contributed by atoms with E-state index in [1.807, 2.05) is 18.3 Å². The third-order valence-corrected chi connectivity index (χ3v) is 3.32. The van der Waals surface area contributed by atoms with E-state index >= 15 is 0 Å². The molecule has 0 saturated heterocycles. The number of aromatic nitrogens is 1. The van der Waals surface area contributed by atoms with E-state index < -0.39 is 0 Å². The van der Waals surface area contributed by atoms with Crippen molar-refractivity contribution in [1.29, 1.82) is 0 Å². The van der Waals surface area contributed by atoms with Crippen molar-refractivity contribution in [3.63, 3.8) is 0 Å². The Hall–Kier alpha value is -1.81. The van der Waals surface area contributed by atoms with Crippen LogP contribution in [-0.4, -0.2) is 31.8 Å². The molecule has 1 aromatic carbocycles. The van der Waals surface area contributed by atoms with E-state index in [0.29, 0.717) is 12.5 Å². The largest absolute Gasteiger partial charge is 0.398 e. The van der Waals surface area contributed by atoms with Crippen LogP contribution in [0.25, 0.3) is 10.8 Å². The molecule has 0 aliphatic carbocycles. The molecular formula is C16H23N3O. The maximum atomic E-state index is 6.06. The highest BCUT2D eigenvalue weighted by atomic mass is 16.5. The molecule has 0 aliphatic rings. The molecule has 1 heterocycles. The van der Waals surface area contributed by atoms with Crippen LogP contribution in [0.15, 0.2) is 30.6 Å². The standard InChI is InChI=1S/C16H23N3O/c1-12(2)11-19(8-9-20-3)16-5-4-15(17)13-6-7-18-10-14(13)16/h4-7,10,12H,8-9,11,17H2,1-3H3. The van der Waals surface area contributed by atoms with Crippen LogP contribution in [0.3, 0.4) is 0 Å². The molecule has 108 valence electrons. The van der Waals surface area contributed by atoms with Gasteiger partial charge in [0.1, 0.15) is 0 Å². The van der Waals surface area contributed by atoms with Gasteiger partial charge in [-0.2, -0.15) is 0 Å². The van der Waals surface area contributed by atoms with Gasteiger partial charge in [-0.25, -0.2) is 0 Å². The number of anilines is 2. The third kappa shape index (κ3) is 3.20. The van der Waals surface area contributed by atoms with E-state index in [9.17, 15) is 0 Å². The first-order chi connectivity index (χ1) is 9.63. The summed E-state index contributed by atoms with van der Waals surface area (Å²) in [6, 6.07) is 6.02. The molecular weight excluding hydrogens is 250 g/mol. The van der Waals surface area contributed by atoms with Crippen molar-refractivity contribution < 1.29 is 4.74 Å². The predicted octanol–water partition coefficient (Wildman–Crippen LogP) is 2.93. The lowest BCUT2D eigenvalue weighted by atomic mass is 10.1. The fourth-order valence-electron chi connectivity index (χ4n) is 2.43. The highest BCUT2D eigenvalue weighted by Gasteiger charge is 2.13. The molecule has 2 aromatic rings. The summed E-state index contributed by atoms with van der Waals surface area (Å²) in [6.45, 7) is 6.99. The highest BCUT2D eigenvalue weighted by Crippen LogP contribution is 2.30. The van der Waals surface area contributed by atoms with Crippen LogP contribution in [0.5, 0.6) is 0 Å². The monoisotopic (exact) mass is 273 g/mol. The lowest BCUT2D eigenvalue weighted by Crippen LogP contribution is -2.31. The van der Waals surface area contributed by atoms with E-state index in [-0.39, 0.29) is 0 Å². The van der Waals surface area contributed by atoms with Gasteiger partial charge >= 0.3 is 0 Å². The SMILES string of the molecule is COCCN(CC(C)C)c1ccc(N)c2ccncc12. The van der Waals surface area contributed by atoms with Crippen molar-refractivity contribution in [2.75, 3.05) is 37.4 Å².